The molecule has 2 rings (SSSR count). The Morgan fingerprint density at radius 3 is 2.41 bits per heavy atom. The van der Waals surface area contributed by atoms with Gasteiger partial charge in [-0.3, -0.25) is 14.9 Å². The van der Waals surface area contributed by atoms with E-state index in [-0.39, 0.29) is 5.69 Å². The summed E-state index contributed by atoms with van der Waals surface area (Å²) in [7, 11) is 0. The molecule has 2 aromatic rings. The number of nitrogens with one attached hydrogen (secondary N) is 1. The zero-order chi connectivity index (χ0) is 16.1. The molecule has 0 bridgehead atoms. The summed E-state index contributed by atoms with van der Waals surface area (Å²) in [5.41, 5.74) is 5.85. The Balaban J connectivity index is 2.01. The molecule has 1 amide bonds. The number of carbonyl (C=O) groups is 1. The van der Waals surface area contributed by atoms with Gasteiger partial charge in [-0.05, 0) is 42.7 Å². The second kappa shape index (κ2) is 6.62. The van der Waals surface area contributed by atoms with Gasteiger partial charge in [-0.1, -0.05) is 18.2 Å². The van der Waals surface area contributed by atoms with Crippen LogP contribution in [0.25, 0.3) is 0 Å². The van der Waals surface area contributed by atoms with E-state index in [1.165, 1.54) is 29.8 Å². The van der Waals surface area contributed by atoms with Gasteiger partial charge in [-0.15, -0.1) is 0 Å². The highest BCUT2D eigenvalue weighted by molar-refractivity contribution is 5.95. The molecule has 0 aliphatic heterocycles. The first-order valence-electron chi connectivity index (χ1n) is 6.62. The second-order valence-electron chi connectivity index (χ2n) is 4.85. The maximum absolute atomic E-state index is 11.8. The van der Waals surface area contributed by atoms with Crippen LogP contribution in [0.3, 0.4) is 0 Å². The van der Waals surface area contributed by atoms with Crippen LogP contribution in [0.2, 0.25) is 0 Å². The Hall–Kier alpha value is -3.02. The third kappa shape index (κ3) is 3.76. The normalized spacial score (nSPS) is 10.6. The number of hydrogen-bond acceptors (Lipinski definition) is 4. The molecule has 0 radical (unpaired) electrons. The van der Waals surface area contributed by atoms with Crippen molar-refractivity contribution in [1.82, 2.24) is 5.43 Å². The molecule has 0 aliphatic rings. The molecule has 0 saturated carbocycles. The van der Waals surface area contributed by atoms with Crippen molar-refractivity contribution < 1.29 is 9.72 Å². The Labute approximate surface area is 127 Å². The Kier molecular flexibility index (Phi) is 4.63. The molecule has 2 aromatic carbocycles. The summed E-state index contributed by atoms with van der Waals surface area (Å²) in [4.78, 5) is 21.9. The number of nitrogens with zero attached hydrogens (tertiary/aromatic N) is 2. The molecule has 0 aromatic heterocycles. The van der Waals surface area contributed by atoms with Crippen molar-refractivity contribution in [2.75, 3.05) is 0 Å². The smallest absolute Gasteiger partial charge is 0.267 e. The fourth-order valence-electron chi connectivity index (χ4n) is 1.81. The topological polar surface area (TPSA) is 84.6 Å². The van der Waals surface area contributed by atoms with Gasteiger partial charge in [0.15, 0.2) is 0 Å². The molecule has 0 saturated heterocycles. The van der Waals surface area contributed by atoms with Crippen molar-refractivity contribution in [3.8, 4) is 0 Å². The first kappa shape index (κ1) is 15.4. The maximum atomic E-state index is 11.8. The van der Waals surface area contributed by atoms with E-state index >= 15 is 0 Å². The summed E-state index contributed by atoms with van der Waals surface area (Å²) >= 11 is 0. The summed E-state index contributed by atoms with van der Waals surface area (Å²) in [5.74, 6) is -0.421. The number of aryl methyl sites for hydroxylation is 2. The van der Waals surface area contributed by atoms with Crippen LogP contribution in [0.1, 0.15) is 27.0 Å². The average Bonchev–Trinajstić information content (AvgIpc) is 2.51. The van der Waals surface area contributed by atoms with Crippen molar-refractivity contribution in [2.45, 2.75) is 13.8 Å². The summed E-state index contributed by atoms with van der Waals surface area (Å²) in [5, 5.41) is 14.4. The van der Waals surface area contributed by atoms with E-state index in [0.717, 1.165) is 11.1 Å². The fourth-order valence-corrected chi connectivity index (χ4v) is 1.81. The Morgan fingerprint density at radius 1 is 1.14 bits per heavy atom. The van der Waals surface area contributed by atoms with Gasteiger partial charge in [0.25, 0.3) is 11.6 Å². The first-order chi connectivity index (χ1) is 10.5. The van der Waals surface area contributed by atoms with E-state index in [1.54, 1.807) is 6.21 Å². The summed E-state index contributed by atoms with van der Waals surface area (Å²) in [6.07, 6.45) is 1.55. The lowest BCUT2D eigenvalue weighted by Crippen LogP contribution is -2.17. The zero-order valence-corrected chi connectivity index (χ0v) is 12.2. The number of nitro benzene ring substituents is 1. The number of rotatable bonds is 4. The quantitative estimate of drug-likeness (QED) is 0.535. The van der Waals surface area contributed by atoms with E-state index < -0.39 is 10.8 Å². The van der Waals surface area contributed by atoms with Crippen LogP contribution in [0, 0.1) is 24.0 Å². The summed E-state index contributed by atoms with van der Waals surface area (Å²) in [6.45, 7) is 4.02. The number of carbonyl (C=O) groups excluding carboxylic acids is 1. The molecule has 0 heterocycles. The third-order valence-electron chi connectivity index (χ3n) is 3.25. The predicted molar refractivity (Wildman–Crippen MR) is 84.1 cm³/mol. The van der Waals surface area contributed by atoms with Gasteiger partial charge in [0.1, 0.15) is 0 Å². The van der Waals surface area contributed by atoms with Crippen molar-refractivity contribution in [2.24, 2.45) is 5.10 Å². The zero-order valence-electron chi connectivity index (χ0n) is 12.2. The third-order valence-corrected chi connectivity index (χ3v) is 3.25. The molecule has 1 N–H and O–H groups in total. The van der Waals surface area contributed by atoms with Gasteiger partial charge in [-0.25, -0.2) is 5.43 Å². The molecular formula is C16H15N3O3. The van der Waals surface area contributed by atoms with Crippen molar-refractivity contribution in [3.05, 3.63) is 74.8 Å². The van der Waals surface area contributed by atoms with Crippen molar-refractivity contribution >= 4 is 17.8 Å². The number of amides is 1. The SMILES string of the molecule is Cc1ccc(C=NNC(=O)c2ccc([N+](=O)[O-])cc2)cc1C. The van der Waals surface area contributed by atoms with Gasteiger partial charge in [-0.2, -0.15) is 5.10 Å². The lowest BCUT2D eigenvalue weighted by molar-refractivity contribution is -0.384. The molecule has 0 aliphatic carbocycles. The van der Waals surface area contributed by atoms with E-state index in [9.17, 15) is 14.9 Å². The van der Waals surface area contributed by atoms with Gasteiger partial charge < -0.3 is 0 Å². The Bertz CT molecular complexity index is 737. The van der Waals surface area contributed by atoms with Crippen LogP contribution >= 0.6 is 0 Å². The molecule has 0 fully saturated rings. The van der Waals surface area contributed by atoms with E-state index in [4.69, 9.17) is 0 Å². The van der Waals surface area contributed by atoms with E-state index in [1.807, 2.05) is 32.0 Å². The largest absolute Gasteiger partial charge is 0.271 e. The van der Waals surface area contributed by atoms with Gasteiger partial charge in [0.05, 0.1) is 11.1 Å². The van der Waals surface area contributed by atoms with Crippen LogP contribution in [0.4, 0.5) is 5.69 Å². The van der Waals surface area contributed by atoms with E-state index in [2.05, 4.69) is 10.5 Å². The lowest BCUT2D eigenvalue weighted by Gasteiger charge is -2.01. The molecule has 6 heteroatoms. The van der Waals surface area contributed by atoms with Crippen molar-refractivity contribution in [3.63, 3.8) is 0 Å². The van der Waals surface area contributed by atoms with Gasteiger partial charge in [0, 0.05) is 17.7 Å². The van der Waals surface area contributed by atoms with Gasteiger partial charge in [0.2, 0.25) is 0 Å². The first-order valence-corrected chi connectivity index (χ1v) is 6.62. The summed E-state index contributed by atoms with van der Waals surface area (Å²) in [6, 6.07) is 11.2. The standard InChI is InChI=1S/C16H15N3O3/c1-11-3-4-13(9-12(11)2)10-17-18-16(20)14-5-7-15(8-6-14)19(21)22/h3-10H,1-2H3,(H,18,20). The summed E-state index contributed by atoms with van der Waals surface area (Å²) < 4.78 is 0. The molecular weight excluding hydrogens is 282 g/mol. The number of hydrazone groups is 1. The number of hydrogen-bond donors (Lipinski definition) is 1. The Morgan fingerprint density at radius 2 is 1.82 bits per heavy atom. The number of benzene rings is 2. The molecule has 0 spiro atoms. The van der Waals surface area contributed by atoms with E-state index in [0.29, 0.717) is 5.56 Å². The molecule has 22 heavy (non-hydrogen) atoms. The molecule has 0 unspecified atom stereocenters. The van der Waals surface area contributed by atoms with Crippen LogP contribution in [-0.2, 0) is 0 Å². The molecule has 0 atom stereocenters. The fraction of sp³-hybridized carbons (Fsp3) is 0.125. The van der Waals surface area contributed by atoms with Crippen LogP contribution in [0.15, 0.2) is 47.6 Å². The van der Waals surface area contributed by atoms with Crippen LogP contribution in [0.5, 0.6) is 0 Å². The van der Waals surface area contributed by atoms with Crippen LogP contribution in [-0.4, -0.2) is 17.0 Å². The number of nitro groups is 1. The highest BCUT2D eigenvalue weighted by Crippen LogP contribution is 2.12. The van der Waals surface area contributed by atoms with Crippen molar-refractivity contribution in [1.29, 1.82) is 0 Å². The minimum atomic E-state index is -0.514. The minimum absolute atomic E-state index is 0.0600. The second-order valence-corrected chi connectivity index (χ2v) is 4.85. The monoisotopic (exact) mass is 297 g/mol. The van der Waals surface area contributed by atoms with Crippen LogP contribution < -0.4 is 5.43 Å². The maximum Gasteiger partial charge on any atom is 0.271 e. The minimum Gasteiger partial charge on any atom is -0.267 e. The average molecular weight is 297 g/mol. The highest BCUT2D eigenvalue weighted by atomic mass is 16.6. The predicted octanol–water partition coefficient (Wildman–Crippen LogP) is 2.98. The molecule has 6 nitrogen and oxygen atoms in total. The van der Waals surface area contributed by atoms with Gasteiger partial charge >= 0.3 is 0 Å². The molecule has 112 valence electrons. The lowest BCUT2D eigenvalue weighted by atomic mass is 10.1. The number of non-ortho nitro benzene ring substituents is 1. The highest BCUT2D eigenvalue weighted by Gasteiger charge is 2.08.